The molecule has 2 saturated heterocycles. The molecule has 5 amide bonds. The maximum atomic E-state index is 15.1. The van der Waals surface area contributed by atoms with Gasteiger partial charge < -0.3 is 9.84 Å². The monoisotopic (exact) mass is 742 g/mol. The van der Waals surface area contributed by atoms with Gasteiger partial charge in [0.1, 0.15) is 5.75 Å². The van der Waals surface area contributed by atoms with E-state index in [0.717, 1.165) is 7.11 Å². The van der Waals surface area contributed by atoms with Crippen LogP contribution in [0.25, 0.3) is 0 Å². The molecule has 11 nitrogen and oxygen atoms in total. The number of rotatable bonds is 4. The Morgan fingerprint density at radius 1 is 1.02 bits per heavy atom. The number of benzene rings is 2. The molecule has 7 rings (SSSR count). The molecule has 1 aromatic heterocycles. The van der Waals surface area contributed by atoms with Crippen molar-refractivity contribution in [2.24, 2.45) is 23.7 Å². The highest BCUT2D eigenvalue weighted by molar-refractivity contribution is 6.33. The number of halogens is 5. The highest BCUT2D eigenvalue weighted by atomic mass is 35.5. The number of hydrogen-bond donors (Lipinski definition) is 2. The van der Waals surface area contributed by atoms with Crippen LogP contribution in [0.3, 0.4) is 0 Å². The molecule has 264 valence electrons. The molecular weight excluding hydrogens is 716 g/mol. The predicted molar refractivity (Wildman–Crippen MR) is 174 cm³/mol. The second-order valence-corrected chi connectivity index (χ2v) is 13.8. The zero-order chi connectivity index (χ0) is 36.7. The third-order valence-corrected chi connectivity index (χ3v) is 11.0. The van der Waals surface area contributed by atoms with Crippen LogP contribution in [-0.4, -0.2) is 56.8 Å². The molecule has 6 unspecified atom stereocenters. The molecule has 3 aromatic rings. The number of phenols is 1. The molecule has 16 heteroatoms. The van der Waals surface area contributed by atoms with Crippen molar-refractivity contribution in [1.29, 1.82) is 0 Å². The number of amides is 5. The molecule has 0 radical (unpaired) electrons. The first kappa shape index (κ1) is 34.5. The van der Waals surface area contributed by atoms with Crippen LogP contribution in [0.1, 0.15) is 41.0 Å². The Labute approximate surface area is 297 Å². The van der Waals surface area contributed by atoms with Gasteiger partial charge in [-0.05, 0) is 66.6 Å². The first-order valence-electron chi connectivity index (χ1n) is 15.7. The fraction of sp³-hybridized carbons (Fsp3) is 0.314. The molecule has 6 atom stereocenters. The fourth-order valence-electron chi connectivity index (χ4n) is 8.29. The topological polar surface area (TPSA) is 146 Å². The van der Waals surface area contributed by atoms with Gasteiger partial charge in [-0.15, -0.1) is 0 Å². The van der Waals surface area contributed by atoms with E-state index >= 15 is 4.79 Å². The number of aryl methyl sites for hydroxylation is 1. The number of likely N-dealkylation sites (tertiary alicyclic amines) is 1. The third kappa shape index (κ3) is 5.09. The number of fused-ring (bicyclic) bond motifs is 4. The molecular formula is C35H27Cl2F3N4O7. The van der Waals surface area contributed by atoms with Gasteiger partial charge in [-0.1, -0.05) is 59.1 Å². The van der Waals surface area contributed by atoms with Crippen LogP contribution in [0.5, 0.6) is 5.75 Å². The normalized spacial score (nSPS) is 27.2. The van der Waals surface area contributed by atoms with Crippen LogP contribution in [0.2, 0.25) is 10.0 Å². The molecule has 0 spiro atoms. The third-order valence-electron chi connectivity index (χ3n) is 10.5. The molecule has 51 heavy (non-hydrogen) atoms. The van der Waals surface area contributed by atoms with Gasteiger partial charge in [0, 0.05) is 17.1 Å². The minimum atomic E-state index is -4.76. The number of anilines is 1. The summed E-state index contributed by atoms with van der Waals surface area (Å²) in [6.07, 6.45) is -3.71. The molecule has 2 aliphatic heterocycles. The van der Waals surface area contributed by atoms with Crippen molar-refractivity contribution in [1.82, 2.24) is 14.9 Å². The number of nitrogens with one attached hydrogen (secondary N) is 1. The summed E-state index contributed by atoms with van der Waals surface area (Å²) in [5, 5.41) is 11.0. The Balaban J connectivity index is 1.44. The molecule has 3 heterocycles. The van der Waals surface area contributed by atoms with E-state index in [9.17, 15) is 37.5 Å². The summed E-state index contributed by atoms with van der Waals surface area (Å²) < 4.78 is 44.9. The van der Waals surface area contributed by atoms with Gasteiger partial charge in [0.25, 0.3) is 11.8 Å². The summed E-state index contributed by atoms with van der Waals surface area (Å²) in [4.78, 5) is 73.8. The van der Waals surface area contributed by atoms with Crippen LogP contribution in [0, 0.1) is 30.6 Å². The summed E-state index contributed by atoms with van der Waals surface area (Å²) in [7, 11) is 1.04. The maximum Gasteiger partial charge on any atom is 0.423 e. The molecule has 4 aliphatic rings. The Bertz CT molecular complexity index is 2070. The molecule has 3 fully saturated rings. The van der Waals surface area contributed by atoms with Crippen molar-refractivity contribution in [3.05, 3.63) is 98.7 Å². The number of alkyl halides is 3. The number of hydrogen-bond acceptors (Lipinski definition) is 9. The van der Waals surface area contributed by atoms with E-state index in [2.05, 4.69) is 10.4 Å². The molecule has 2 N–H and O–H groups in total. The summed E-state index contributed by atoms with van der Waals surface area (Å²) in [5.74, 6) is -8.60. The summed E-state index contributed by atoms with van der Waals surface area (Å²) in [5.41, 5.74) is 1.54. The molecule has 2 aliphatic carbocycles. The number of aromatic nitrogens is 1. The highest BCUT2D eigenvalue weighted by Gasteiger charge is 2.70. The van der Waals surface area contributed by atoms with E-state index in [0.29, 0.717) is 49.5 Å². The van der Waals surface area contributed by atoms with E-state index in [1.54, 1.807) is 49.4 Å². The number of imide groups is 4. The second kappa shape index (κ2) is 12.1. The maximum absolute atomic E-state index is 15.1. The Kier molecular flexibility index (Phi) is 8.17. The summed E-state index contributed by atoms with van der Waals surface area (Å²) in [6.45, 7) is 1.65. The minimum absolute atomic E-state index is 0.0358. The lowest BCUT2D eigenvalue weighted by Gasteiger charge is -2.50. The van der Waals surface area contributed by atoms with Crippen molar-refractivity contribution >= 4 is 58.7 Å². The van der Waals surface area contributed by atoms with E-state index in [1.165, 1.54) is 6.07 Å². The first-order chi connectivity index (χ1) is 24.1. The summed E-state index contributed by atoms with van der Waals surface area (Å²) in [6, 6.07) is 11.6. The quantitative estimate of drug-likeness (QED) is 0.237. The van der Waals surface area contributed by atoms with Gasteiger partial charge in [-0.2, -0.15) is 23.1 Å². The number of carbonyl (C=O) groups is 5. The van der Waals surface area contributed by atoms with E-state index < -0.39 is 87.3 Å². The number of ether oxygens (including phenoxy) is 1. The smallest absolute Gasteiger partial charge is 0.423 e. The zero-order valence-corrected chi connectivity index (χ0v) is 28.2. The first-order valence-corrected chi connectivity index (χ1v) is 16.5. The number of aromatic hydroxyl groups is 1. The fourth-order valence-corrected chi connectivity index (χ4v) is 8.62. The van der Waals surface area contributed by atoms with Crippen LogP contribution >= 0.6 is 23.2 Å². The van der Waals surface area contributed by atoms with Crippen LogP contribution < -0.4 is 5.43 Å². The standard InChI is InChI=1S/C35H27Cl2F3N4O7/c1-15-11-16(3-10-25(15)45)27-20-8-9-21-26(31(48)43(29(21)46)33(50)51-2)22(20)13-23-30(47)44(32(49)34(23,27)17-4-6-19(36)7-5-17)42-28-24(37)12-18(14-41-28)35(38,39)40/h3-8,10-12,14,21-23,26-27,45H,9,13H2,1-2H3,(H,41,42). The second-order valence-electron chi connectivity index (χ2n) is 12.9. The van der Waals surface area contributed by atoms with Crippen molar-refractivity contribution in [2.45, 2.75) is 37.3 Å². The largest absolute Gasteiger partial charge is 0.508 e. The number of nitrogens with zero attached hydrogens (tertiary/aromatic N) is 3. The molecule has 2 aromatic carbocycles. The van der Waals surface area contributed by atoms with Gasteiger partial charge in [0.05, 0.1) is 40.9 Å². The van der Waals surface area contributed by atoms with Gasteiger partial charge >= 0.3 is 12.3 Å². The van der Waals surface area contributed by atoms with Crippen molar-refractivity contribution in [3.63, 3.8) is 0 Å². The minimum Gasteiger partial charge on any atom is -0.508 e. The lowest BCUT2D eigenvalue weighted by Crippen LogP contribution is -2.53. The molecule has 1 saturated carbocycles. The van der Waals surface area contributed by atoms with Gasteiger partial charge in [-0.3, -0.25) is 24.6 Å². The molecule has 0 bridgehead atoms. The average molecular weight is 744 g/mol. The average Bonchev–Trinajstić information content (AvgIpc) is 3.47. The van der Waals surface area contributed by atoms with Crippen molar-refractivity contribution in [2.75, 3.05) is 12.5 Å². The number of pyridine rings is 1. The Morgan fingerprint density at radius 3 is 2.35 bits per heavy atom. The van der Waals surface area contributed by atoms with Crippen LogP contribution in [0.15, 0.2) is 66.4 Å². The lowest BCUT2D eigenvalue weighted by molar-refractivity contribution is -0.140. The van der Waals surface area contributed by atoms with Crippen LogP contribution in [0.4, 0.5) is 23.8 Å². The van der Waals surface area contributed by atoms with Crippen LogP contribution in [-0.2, 0) is 35.5 Å². The van der Waals surface area contributed by atoms with Crippen molar-refractivity contribution in [3.8, 4) is 5.75 Å². The zero-order valence-electron chi connectivity index (χ0n) is 26.7. The predicted octanol–water partition coefficient (Wildman–Crippen LogP) is 6.17. The Hall–Kier alpha value is -4.95. The van der Waals surface area contributed by atoms with Gasteiger partial charge in [-0.25, -0.2) is 9.78 Å². The number of methoxy groups -OCH3 is 1. The Morgan fingerprint density at radius 2 is 1.73 bits per heavy atom. The SMILES string of the molecule is COC(=O)N1C(=O)C2CC=C3C(CC4C(=O)N(Nc5ncc(C(F)(F)F)cc5Cl)C(=O)C4(c4ccc(Cl)cc4)C3c3ccc(O)c(C)c3)C2C1=O. The van der Waals surface area contributed by atoms with E-state index in [4.69, 9.17) is 27.9 Å². The van der Waals surface area contributed by atoms with Crippen molar-refractivity contribution < 1.29 is 47.0 Å². The number of hydrazine groups is 1. The number of phenolic OH excluding ortho intramolecular Hbond substituents is 1. The lowest BCUT2D eigenvalue weighted by atomic mass is 9.49. The van der Waals surface area contributed by atoms with E-state index in [1.807, 2.05) is 0 Å². The summed E-state index contributed by atoms with van der Waals surface area (Å²) >= 11 is 12.5. The highest BCUT2D eigenvalue weighted by Crippen LogP contribution is 2.64. The number of carbonyl (C=O) groups excluding carboxylic acids is 5. The van der Waals surface area contributed by atoms with Gasteiger partial charge in [0.15, 0.2) is 5.82 Å². The number of allylic oxidation sites excluding steroid dienone is 2. The van der Waals surface area contributed by atoms with E-state index in [-0.39, 0.29) is 18.6 Å². The van der Waals surface area contributed by atoms with Gasteiger partial charge in [0.2, 0.25) is 11.8 Å².